The standard InChI is InChI=1S/C15H20BNO3S/c1-14(2)15(3,4)20-16(19-14)12(10-21)7-11-5-6-13(9-18)17-8-11/h5-9,21H,10H2,1-4H3. The average Bonchev–Trinajstić information content (AvgIpc) is 2.65. The van der Waals surface area contributed by atoms with Crippen LogP contribution in [-0.4, -0.2) is 35.3 Å². The van der Waals surface area contributed by atoms with Crippen LogP contribution in [0.5, 0.6) is 0 Å². The Morgan fingerprint density at radius 2 is 1.90 bits per heavy atom. The molecule has 0 N–H and O–H groups in total. The third-order valence-electron chi connectivity index (χ3n) is 4.02. The minimum atomic E-state index is -0.418. The first-order valence-electron chi connectivity index (χ1n) is 6.87. The Hall–Kier alpha value is -1.11. The Bertz CT molecular complexity index is 539. The van der Waals surface area contributed by atoms with E-state index in [2.05, 4.69) is 17.6 Å². The van der Waals surface area contributed by atoms with E-state index in [1.165, 1.54) is 0 Å². The van der Waals surface area contributed by atoms with Crippen molar-refractivity contribution in [3.05, 3.63) is 35.1 Å². The molecule has 1 aliphatic heterocycles. The highest BCUT2D eigenvalue weighted by atomic mass is 32.1. The molecule has 4 nitrogen and oxygen atoms in total. The van der Waals surface area contributed by atoms with E-state index in [0.717, 1.165) is 17.3 Å². The van der Waals surface area contributed by atoms with Crippen molar-refractivity contribution in [3.8, 4) is 0 Å². The van der Waals surface area contributed by atoms with Crippen molar-refractivity contribution < 1.29 is 14.1 Å². The zero-order valence-corrected chi connectivity index (χ0v) is 13.7. The molecule has 0 amide bonds. The lowest BCUT2D eigenvalue weighted by Gasteiger charge is -2.32. The second kappa shape index (κ2) is 5.95. The second-order valence-electron chi connectivity index (χ2n) is 6.10. The summed E-state index contributed by atoms with van der Waals surface area (Å²) in [7, 11) is -0.418. The molecule has 1 fully saturated rings. The van der Waals surface area contributed by atoms with Crippen LogP contribution in [0.25, 0.3) is 6.08 Å². The van der Waals surface area contributed by atoms with Crippen LogP contribution in [-0.2, 0) is 9.31 Å². The minimum Gasteiger partial charge on any atom is -0.400 e. The maximum absolute atomic E-state index is 10.6. The number of carbonyl (C=O) groups is 1. The molecular weight excluding hydrogens is 285 g/mol. The van der Waals surface area contributed by atoms with E-state index in [9.17, 15) is 4.79 Å². The normalized spacial score (nSPS) is 20.6. The molecule has 0 aliphatic carbocycles. The lowest BCUT2D eigenvalue weighted by molar-refractivity contribution is 0.00578. The highest BCUT2D eigenvalue weighted by Crippen LogP contribution is 2.38. The Morgan fingerprint density at radius 3 is 2.33 bits per heavy atom. The molecule has 1 aliphatic rings. The molecule has 21 heavy (non-hydrogen) atoms. The van der Waals surface area contributed by atoms with Crippen molar-refractivity contribution in [1.29, 1.82) is 0 Å². The van der Waals surface area contributed by atoms with Gasteiger partial charge < -0.3 is 9.31 Å². The first kappa shape index (κ1) is 16.3. The quantitative estimate of drug-likeness (QED) is 0.528. The van der Waals surface area contributed by atoms with Crippen LogP contribution in [0.3, 0.4) is 0 Å². The zero-order valence-electron chi connectivity index (χ0n) is 12.8. The molecule has 0 aromatic carbocycles. The predicted molar refractivity (Wildman–Crippen MR) is 87.5 cm³/mol. The highest BCUT2D eigenvalue weighted by Gasteiger charge is 2.52. The average molecular weight is 305 g/mol. The molecule has 0 bridgehead atoms. The third-order valence-corrected chi connectivity index (χ3v) is 4.39. The van der Waals surface area contributed by atoms with Gasteiger partial charge in [0.1, 0.15) is 5.69 Å². The van der Waals surface area contributed by atoms with Gasteiger partial charge in [-0.15, -0.1) is 0 Å². The first-order chi connectivity index (χ1) is 9.79. The number of nitrogens with zero attached hydrogens (tertiary/aromatic N) is 1. The number of carbonyl (C=O) groups excluding carboxylic acids is 1. The fourth-order valence-electron chi connectivity index (χ4n) is 1.97. The van der Waals surface area contributed by atoms with Crippen LogP contribution < -0.4 is 0 Å². The Morgan fingerprint density at radius 1 is 1.29 bits per heavy atom. The summed E-state index contributed by atoms with van der Waals surface area (Å²) in [5.41, 5.74) is 1.48. The van der Waals surface area contributed by atoms with E-state index in [-0.39, 0.29) is 11.2 Å². The van der Waals surface area contributed by atoms with Crippen molar-refractivity contribution >= 4 is 32.1 Å². The molecule has 0 radical (unpaired) electrons. The van der Waals surface area contributed by atoms with E-state index in [0.29, 0.717) is 11.4 Å². The summed E-state index contributed by atoms with van der Waals surface area (Å²) in [6.07, 6.45) is 4.32. The molecule has 0 spiro atoms. The number of pyridine rings is 1. The van der Waals surface area contributed by atoms with Crippen LogP contribution in [0.1, 0.15) is 43.7 Å². The minimum absolute atomic E-state index is 0.376. The summed E-state index contributed by atoms with van der Waals surface area (Å²) in [5.74, 6) is 0.520. The number of hydrogen-bond donors (Lipinski definition) is 1. The van der Waals surface area contributed by atoms with E-state index in [1.54, 1.807) is 12.3 Å². The van der Waals surface area contributed by atoms with Crippen LogP contribution >= 0.6 is 12.6 Å². The van der Waals surface area contributed by atoms with Gasteiger partial charge in [-0.25, -0.2) is 0 Å². The number of hydrogen-bond acceptors (Lipinski definition) is 5. The number of thiol groups is 1. The van der Waals surface area contributed by atoms with Crippen molar-refractivity contribution in [2.75, 3.05) is 5.75 Å². The highest BCUT2D eigenvalue weighted by molar-refractivity contribution is 7.80. The lowest BCUT2D eigenvalue weighted by Crippen LogP contribution is -2.41. The molecular formula is C15H20BNO3S. The van der Waals surface area contributed by atoms with E-state index in [4.69, 9.17) is 9.31 Å². The topological polar surface area (TPSA) is 48.4 Å². The molecule has 112 valence electrons. The van der Waals surface area contributed by atoms with Crippen LogP contribution in [0.15, 0.2) is 23.8 Å². The summed E-state index contributed by atoms with van der Waals surface area (Å²) in [5, 5.41) is 0. The van der Waals surface area contributed by atoms with Gasteiger partial charge in [0, 0.05) is 11.9 Å². The zero-order chi connectivity index (χ0) is 15.7. The Kier molecular flexibility index (Phi) is 4.61. The van der Waals surface area contributed by atoms with Gasteiger partial charge in [-0.3, -0.25) is 9.78 Å². The molecule has 6 heteroatoms. The van der Waals surface area contributed by atoms with Gasteiger partial charge in [-0.1, -0.05) is 12.1 Å². The number of aromatic nitrogens is 1. The predicted octanol–water partition coefficient (Wildman–Crippen LogP) is 2.84. The molecule has 2 rings (SSSR count). The summed E-state index contributed by atoms with van der Waals surface area (Å²) in [4.78, 5) is 14.7. The van der Waals surface area contributed by atoms with Gasteiger partial charge in [0.05, 0.1) is 11.2 Å². The monoisotopic (exact) mass is 305 g/mol. The first-order valence-corrected chi connectivity index (χ1v) is 7.50. The third kappa shape index (κ3) is 3.39. The van der Waals surface area contributed by atoms with Gasteiger partial charge in [0.15, 0.2) is 6.29 Å². The summed E-state index contributed by atoms with van der Waals surface area (Å²) >= 11 is 4.37. The molecule has 1 saturated heterocycles. The molecule has 1 aromatic rings. The summed E-state index contributed by atoms with van der Waals surface area (Å²) < 4.78 is 12.0. The lowest BCUT2D eigenvalue weighted by atomic mass is 9.78. The summed E-state index contributed by atoms with van der Waals surface area (Å²) in [6.45, 7) is 8.07. The van der Waals surface area contributed by atoms with Crippen LogP contribution in [0, 0.1) is 0 Å². The van der Waals surface area contributed by atoms with E-state index in [1.807, 2.05) is 39.8 Å². The maximum atomic E-state index is 10.6. The molecule has 0 atom stereocenters. The van der Waals surface area contributed by atoms with E-state index < -0.39 is 7.12 Å². The summed E-state index contributed by atoms with van der Waals surface area (Å²) in [6, 6.07) is 3.52. The molecule has 2 heterocycles. The SMILES string of the molecule is CC1(C)OB(C(=Cc2ccc(C=O)nc2)CS)OC1(C)C. The van der Waals surface area contributed by atoms with Gasteiger partial charge in [-0.05, 0) is 44.8 Å². The smallest absolute Gasteiger partial charge is 0.400 e. The number of aldehydes is 1. The fraction of sp³-hybridized carbons (Fsp3) is 0.467. The maximum Gasteiger partial charge on any atom is 0.491 e. The molecule has 0 unspecified atom stereocenters. The van der Waals surface area contributed by atoms with Gasteiger partial charge in [0.2, 0.25) is 0 Å². The van der Waals surface area contributed by atoms with Crippen molar-refractivity contribution in [1.82, 2.24) is 4.98 Å². The number of rotatable bonds is 4. The van der Waals surface area contributed by atoms with Gasteiger partial charge in [-0.2, -0.15) is 12.6 Å². The van der Waals surface area contributed by atoms with Gasteiger partial charge in [0.25, 0.3) is 0 Å². The Balaban J connectivity index is 2.23. The van der Waals surface area contributed by atoms with Crippen molar-refractivity contribution in [3.63, 3.8) is 0 Å². The second-order valence-corrected chi connectivity index (χ2v) is 6.42. The van der Waals surface area contributed by atoms with Crippen molar-refractivity contribution in [2.24, 2.45) is 0 Å². The molecule has 0 saturated carbocycles. The van der Waals surface area contributed by atoms with E-state index >= 15 is 0 Å². The van der Waals surface area contributed by atoms with Crippen LogP contribution in [0.4, 0.5) is 0 Å². The van der Waals surface area contributed by atoms with Crippen molar-refractivity contribution in [2.45, 2.75) is 38.9 Å². The fourth-order valence-corrected chi connectivity index (χ4v) is 2.21. The van der Waals surface area contributed by atoms with Crippen LogP contribution in [0.2, 0.25) is 0 Å². The Labute approximate surface area is 131 Å². The molecule has 1 aromatic heterocycles. The van der Waals surface area contributed by atoms with Gasteiger partial charge >= 0.3 is 7.12 Å². The largest absolute Gasteiger partial charge is 0.491 e.